The first-order chi connectivity index (χ1) is 8.13. The molecule has 0 saturated heterocycles. The molecule has 1 rings (SSSR count). The molecule has 17 heavy (non-hydrogen) atoms. The van der Waals surface area contributed by atoms with Gasteiger partial charge in [0.25, 0.3) is 0 Å². The standard InChI is InChI=1S/C12H14BrClO3/c1-16-11-7-9(13)12(17-2)6-8(11)10(15)4-3-5-14/h6-7H,3-5H2,1-2H3. The molecular formula is C12H14BrClO3. The van der Waals surface area contributed by atoms with Crippen molar-refractivity contribution in [2.45, 2.75) is 12.8 Å². The van der Waals surface area contributed by atoms with Crippen LogP contribution in [0.15, 0.2) is 16.6 Å². The molecule has 0 amide bonds. The molecule has 3 nitrogen and oxygen atoms in total. The van der Waals surface area contributed by atoms with Crippen LogP contribution in [0.4, 0.5) is 0 Å². The second kappa shape index (κ2) is 6.87. The van der Waals surface area contributed by atoms with Crippen molar-refractivity contribution in [1.82, 2.24) is 0 Å². The topological polar surface area (TPSA) is 35.5 Å². The molecule has 1 aromatic carbocycles. The summed E-state index contributed by atoms with van der Waals surface area (Å²) in [5.74, 6) is 1.63. The van der Waals surface area contributed by atoms with Crippen molar-refractivity contribution in [3.63, 3.8) is 0 Å². The summed E-state index contributed by atoms with van der Waals surface area (Å²) in [5, 5.41) is 0. The summed E-state index contributed by atoms with van der Waals surface area (Å²) in [6, 6.07) is 3.41. The van der Waals surface area contributed by atoms with Crippen molar-refractivity contribution in [3.05, 3.63) is 22.2 Å². The number of hydrogen-bond donors (Lipinski definition) is 0. The van der Waals surface area contributed by atoms with E-state index in [1.54, 1.807) is 19.2 Å². The fraction of sp³-hybridized carbons (Fsp3) is 0.417. The summed E-state index contributed by atoms with van der Waals surface area (Å²) in [6.07, 6.45) is 1.06. The average molecular weight is 322 g/mol. The fourth-order valence-electron chi connectivity index (χ4n) is 1.44. The second-order valence-electron chi connectivity index (χ2n) is 3.40. The molecule has 0 atom stereocenters. The van der Waals surface area contributed by atoms with E-state index in [1.165, 1.54) is 7.11 Å². The highest BCUT2D eigenvalue weighted by Crippen LogP contribution is 2.33. The van der Waals surface area contributed by atoms with Crippen molar-refractivity contribution >= 4 is 33.3 Å². The van der Waals surface area contributed by atoms with Crippen LogP contribution in [0.1, 0.15) is 23.2 Å². The van der Waals surface area contributed by atoms with Gasteiger partial charge < -0.3 is 9.47 Å². The van der Waals surface area contributed by atoms with E-state index in [0.29, 0.717) is 35.8 Å². The van der Waals surface area contributed by atoms with Crippen LogP contribution in [-0.2, 0) is 0 Å². The van der Waals surface area contributed by atoms with Gasteiger partial charge >= 0.3 is 0 Å². The Morgan fingerprint density at radius 2 is 1.94 bits per heavy atom. The lowest BCUT2D eigenvalue weighted by Crippen LogP contribution is -2.03. The summed E-state index contributed by atoms with van der Waals surface area (Å²) in [4.78, 5) is 12.0. The van der Waals surface area contributed by atoms with Gasteiger partial charge in [0, 0.05) is 12.3 Å². The van der Waals surface area contributed by atoms with E-state index in [1.807, 2.05) is 0 Å². The number of alkyl halides is 1. The zero-order valence-electron chi connectivity index (χ0n) is 9.76. The maximum Gasteiger partial charge on any atom is 0.166 e. The molecule has 0 fully saturated rings. The van der Waals surface area contributed by atoms with Crippen molar-refractivity contribution in [2.75, 3.05) is 20.1 Å². The lowest BCUT2D eigenvalue weighted by Gasteiger charge is -2.11. The number of rotatable bonds is 6. The van der Waals surface area contributed by atoms with Gasteiger partial charge in [0.05, 0.1) is 24.3 Å². The van der Waals surface area contributed by atoms with E-state index in [4.69, 9.17) is 21.1 Å². The number of Topliss-reactive ketones (excluding diaryl/α,β-unsaturated/α-hetero) is 1. The van der Waals surface area contributed by atoms with Gasteiger partial charge in [0.2, 0.25) is 0 Å². The van der Waals surface area contributed by atoms with Crippen LogP contribution in [0, 0.1) is 0 Å². The highest BCUT2D eigenvalue weighted by molar-refractivity contribution is 9.10. The number of methoxy groups -OCH3 is 2. The molecule has 0 unspecified atom stereocenters. The molecule has 1 aromatic rings. The van der Waals surface area contributed by atoms with E-state index in [2.05, 4.69) is 15.9 Å². The highest BCUT2D eigenvalue weighted by Gasteiger charge is 2.15. The largest absolute Gasteiger partial charge is 0.496 e. The fourth-order valence-corrected chi connectivity index (χ4v) is 2.06. The van der Waals surface area contributed by atoms with Crippen LogP contribution < -0.4 is 9.47 Å². The van der Waals surface area contributed by atoms with E-state index >= 15 is 0 Å². The van der Waals surface area contributed by atoms with Gasteiger partial charge in [0.1, 0.15) is 11.5 Å². The third-order valence-electron chi connectivity index (χ3n) is 2.31. The number of ether oxygens (including phenoxy) is 2. The molecular weight excluding hydrogens is 307 g/mol. The summed E-state index contributed by atoms with van der Waals surface area (Å²) >= 11 is 8.92. The van der Waals surface area contributed by atoms with Crippen LogP contribution in [0.3, 0.4) is 0 Å². The van der Waals surface area contributed by atoms with Crippen LogP contribution >= 0.6 is 27.5 Å². The Balaban J connectivity index is 3.07. The molecule has 94 valence electrons. The van der Waals surface area contributed by atoms with Crippen molar-refractivity contribution in [1.29, 1.82) is 0 Å². The predicted molar refractivity (Wildman–Crippen MR) is 71.5 cm³/mol. The van der Waals surface area contributed by atoms with Gasteiger partial charge in [-0.15, -0.1) is 11.6 Å². The first-order valence-corrected chi connectivity index (χ1v) is 6.47. The van der Waals surface area contributed by atoms with Gasteiger partial charge in [-0.3, -0.25) is 4.79 Å². The van der Waals surface area contributed by atoms with Crippen LogP contribution in [0.2, 0.25) is 0 Å². The molecule has 0 spiro atoms. The van der Waals surface area contributed by atoms with E-state index in [9.17, 15) is 4.79 Å². The number of ketones is 1. The first kappa shape index (κ1) is 14.3. The molecule has 0 heterocycles. The van der Waals surface area contributed by atoms with Gasteiger partial charge in [0.15, 0.2) is 5.78 Å². The molecule has 0 bridgehead atoms. The summed E-state index contributed by atoms with van der Waals surface area (Å²) in [7, 11) is 3.09. The second-order valence-corrected chi connectivity index (χ2v) is 4.64. The minimum absolute atomic E-state index is 0.00769. The quantitative estimate of drug-likeness (QED) is 0.592. The van der Waals surface area contributed by atoms with E-state index in [0.717, 1.165) is 4.47 Å². The molecule has 0 aromatic heterocycles. The lowest BCUT2D eigenvalue weighted by molar-refractivity contribution is 0.0978. The highest BCUT2D eigenvalue weighted by atomic mass is 79.9. The van der Waals surface area contributed by atoms with Gasteiger partial charge in [-0.2, -0.15) is 0 Å². The summed E-state index contributed by atoms with van der Waals surface area (Å²) < 4.78 is 11.1. The zero-order chi connectivity index (χ0) is 12.8. The SMILES string of the molecule is COc1cc(C(=O)CCCCl)c(OC)cc1Br. The van der Waals surface area contributed by atoms with Crippen LogP contribution in [0.25, 0.3) is 0 Å². The average Bonchev–Trinajstić information content (AvgIpc) is 2.35. The van der Waals surface area contributed by atoms with Crippen molar-refractivity contribution in [2.24, 2.45) is 0 Å². The van der Waals surface area contributed by atoms with Gasteiger partial charge in [-0.1, -0.05) is 0 Å². The Kier molecular flexibility index (Phi) is 5.78. The number of benzene rings is 1. The van der Waals surface area contributed by atoms with E-state index < -0.39 is 0 Å². The summed E-state index contributed by atoms with van der Waals surface area (Å²) in [5.41, 5.74) is 0.526. The summed E-state index contributed by atoms with van der Waals surface area (Å²) in [6.45, 7) is 0. The minimum atomic E-state index is 0.00769. The molecule has 5 heteroatoms. The molecule has 0 radical (unpaired) electrons. The van der Waals surface area contributed by atoms with E-state index in [-0.39, 0.29) is 5.78 Å². The Hall–Kier alpha value is -0.740. The third-order valence-corrected chi connectivity index (χ3v) is 3.20. The maximum absolute atomic E-state index is 12.0. The number of halogens is 2. The zero-order valence-corrected chi connectivity index (χ0v) is 12.1. The van der Waals surface area contributed by atoms with Gasteiger partial charge in [-0.25, -0.2) is 0 Å². The van der Waals surface area contributed by atoms with Gasteiger partial charge in [-0.05, 0) is 34.5 Å². The van der Waals surface area contributed by atoms with Crippen LogP contribution in [-0.4, -0.2) is 25.9 Å². The first-order valence-electron chi connectivity index (χ1n) is 5.14. The van der Waals surface area contributed by atoms with Crippen molar-refractivity contribution < 1.29 is 14.3 Å². The maximum atomic E-state index is 12.0. The Labute approximate surface area is 114 Å². The Bertz CT molecular complexity index is 407. The minimum Gasteiger partial charge on any atom is -0.496 e. The van der Waals surface area contributed by atoms with Crippen LogP contribution in [0.5, 0.6) is 11.5 Å². The molecule has 0 aliphatic carbocycles. The Morgan fingerprint density at radius 3 is 2.47 bits per heavy atom. The molecule has 0 N–H and O–H groups in total. The molecule has 0 aliphatic rings. The smallest absolute Gasteiger partial charge is 0.166 e. The van der Waals surface area contributed by atoms with Crippen molar-refractivity contribution in [3.8, 4) is 11.5 Å². The monoisotopic (exact) mass is 320 g/mol. The normalized spacial score (nSPS) is 10.1. The third kappa shape index (κ3) is 3.61. The number of hydrogen-bond acceptors (Lipinski definition) is 3. The molecule has 0 aliphatic heterocycles. The Morgan fingerprint density at radius 1 is 1.29 bits per heavy atom. The molecule has 0 saturated carbocycles. The predicted octanol–water partition coefficient (Wildman–Crippen LogP) is 3.67. The lowest BCUT2D eigenvalue weighted by atomic mass is 10.1. The number of carbonyl (C=O) groups excluding carboxylic acids is 1. The number of carbonyl (C=O) groups is 1.